The summed E-state index contributed by atoms with van der Waals surface area (Å²) in [4.78, 5) is 2.80. The van der Waals surface area contributed by atoms with Gasteiger partial charge in [-0.2, -0.15) is 0 Å². The molecule has 0 saturated heterocycles. The van der Waals surface area contributed by atoms with Gasteiger partial charge >= 0.3 is 0 Å². The molecule has 5 heteroatoms. The fraction of sp³-hybridized carbons (Fsp3) is 0.333. The molecule has 0 amide bonds. The summed E-state index contributed by atoms with van der Waals surface area (Å²) in [7, 11) is 0. The Morgan fingerprint density at radius 3 is 2.35 bits per heavy atom. The van der Waals surface area contributed by atoms with Crippen LogP contribution in [0.5, 0.6) is 0 Å². The lowest BCUT2D eigenvalue weighted by Crippen LogP contribution is -2.31. The number of rotatable bonds is 5. The molecule has 1 heterocycles. The van der Waals surface area contributed by atoms with Gasteiger partial charge in [0.15, 0.2) is 0 Å². The van der Waals surface area contributed by atoms with Crippen LogP contribution in [0.2, 0.25) is 0 Å². The van der Waals surface area contributed by atoms with Gasteiger partial charge in [0, 0.05) is 17.5 Å². The molecule has 1 aromatic carbocycles. The van der Waals surface area contributed by atoms with Crippen molar-refractivity contribution in [3.8, 4) is 0 Å². The van der Waals surface area contributed by atoms with Crippen LogP contribution in [0.15, 0.2) is 29.6 Å². The zero-order chi connectivity index (χ0) is 14.7. The predicted octanol–water partition coefficient (Wildman–Crippen LogP) is 3.90. The first-order chi connectivity index (χ1) is 9.52. The lowest BCUT2D eigenvalue weighted by Gasteiger charge is -2.29. The van der Waals surface area contributed by atoms with Crippen LogP contribution < -0.4 is 10.6 Å². The highest BCUT2D eigenvalue weighted by atomic mass is 32.1. The molecule has 0 unspecified atom stereocenters. The second kappa shape index (κ2) is 6.33. The molecule has 0 aliphatic heterocycles. The van der Waals surface area contributed by atoms with Crippen molar-refractivity contribution < 1.29 is 8.78 Å². The largest absolute Gasteiger partial charge is 0.359 e. The molecule has 2 aromatic rings. The van der Waals surface area contributed by atoms with Gasteiger partial charge in [-0.3, -0.25) is 0 Å². The van der Waals surface area contributed by atoms with Crippen molar-refractivity contribution in [1.82, 2.24) is 0 Å². The Labute approximate surface area is 121 Å². The minimum atomic E-state index is -0.560. The summed E-state index contributed by atoms with van der Waals surface area (Å²) >= 11 is 1.58. The first-order valence-electron chi connectivity index (χ1n) is 6.50. The van der Waals surface area contributed by atoms with Gasteiger partial charge in [0.25, 0.3) is 0 Å². The summed E-state index contributed by atoms with van der Waals surface area (Å²) < 4.78 is 28.4. The maximum Gasteiger partial charge on any atom is 0.149 e. The third-order valence-electron chi connectivity index (χ3n) is 3.13. The molecular formula is C15H18F2N2S. The monoisotopic (exact) mass is 296 g/mol. The SMILES string of the molecule is CC(C)N(Cc1cccs1)c1c(F)cc(CN)cc1F. The highest BCUT2D eigenvalue weighted by Crippen LogP contribution is 2.29. The molecule has 0 spiro atoms. The van der Waals surface area contributed by atoms with E-state index in [1.807, 2.05) is 31.4 Å². The highest BCUT2D eigenvalue weighted by Gasteiger charge is 2.20. The lowest BCUT2D eigenvalue weighted by molar-refractivity contribution is 0.552. The van der Waals surface area contributed by atoms with Crippen molar-refractivity contribution in [2.24, 2.45) is 5.73 Å². The molecule has 0 bridgehead atoms. The van der Waals surface area contributed by atoms with E-state index in [1.54, 1.807) is 16.2 Å². The van der Waals surface area contributed by atoms with E-state index in [-0.39, 0.29) is 18.3 Å². The molecule has 2 N–H and O–H groups in total. The maximum atomic E-state index is 14.2. The molecule has 0 atom stereocenters. The number of hydrogen-bond donors (Lipinski definition) is 1. The Morgan fingerprint density at radius 2 is 1.90 bits per heavy atom. The maximum absolute atomic E-state index is 14.2. The molecule has 2 rings (SSSR count). The van der Waals surface area contributed by atoms with Crippen LogP contribution in [0.1, 0.15) is 24.3 Å². The van der Waals surface area contributed by atoms with Crippen LogP contribution in [-0.4, -0.2) is 6.04 Å². The van der Waals surface area contributed by atoms with Crippen molar-refractivity contribution in [2.75, 3.05) is 4.90 Å². The van der Waals surface area contributed by atoms with E-state index in [0.717, 1.165) is 4.88 Å². The number of hydrogen-bond acceptors (Lipinski definition) is 3. The third kappa shape index (κ3) is 3.16. The van der Waals surface area contributed by atoms with Crippen molar-refractivity contribution in [1.29, 1.82) is 0 Å². The second-order valence-electron chi connectivity index (χ2n) is 4.91. The van der Waals surface area contributed by atoms with Gasteiger partial charge in [-0.05, 0) is 43.0 Å². The number of nitrogens with zero attached hydrogens (tertiary/aromatic N) is 1. The van der Waals surface area contributed by atoms with Crippen LogP contribution in [0.25, 0.3) is 0 Å². The Bertz CT molecular complexity index is 544. The quantitative estimate of drug-likeness (QED) is 0.906. The topological polar surface area (TPSA) is 29.3 Å². The van der Waals surface area contributed by atoms with E-state index in [2.05, 4.69) is 0 Å². The fourth-order valence-electron chi connectivity index (χ4n) is 2.10. The third-order valence-corrected chi connectivity index (χ3v) is 3.99. The molecule has 0 aliphatic carbocycles. The number of halogens is 2. The molecule has 0 fully saturated rings. The molecule has 0 aliphatic rings. The molecular weight excluding hydrogens is 278 g/mol. The Hall–Kier alpha value is -1.46. The van der Waals surface area contributed by atoms with Crippen LogP contribution >= 0.6 is 11.3 Å². The van der Waals surface area contributed by atoms with E-state index in [0.29, 0.717) is 12.1 Å². The van der Waals surface area contributed by atoms with E-state index >= 15 is 0 Å². The van der Waals surface area contributed by atoms with Gasteiger partial charge in [-0.25, -0.2) is 8.78 Å². The number of thiophene rings is 1. The average Bonchev–Trinajstić information content (AvgIpc) is 2.89. The molecule has 2 nitrogen and oxygen atoms in total. The van der Waals surface area contributed by atoms with Crippen LogP contribution in [0.3, 0.4) is 0 Å². The smallest absolute Gasteiger partial charge is 0.149 e. The van der Waals surface area contributed by atoms with Crippen molar-refractivity contribution in [3.63, 3.8) is 0 Å². The summed E-state index contributed by atoms with van der Waals surface area (Å²) in [6, 6.07) is 6.50. The molecule has 0 saturated carbocycles. The van der Waals surface area contributed by atoms with Gasteiger partial charge in [0.1, 0.15) is 17.3 Å². The standard InChI is InChI=1S/C15H18F2N2S/c1-10(2)19(9-12-4-3-5-20-12)15-13(16)6-11(8-18)7-14(15)17/h3-7,10H,8-9,18H2,1-2H3. The fourth-order valence-corrected chi connectivity index (χ4v) is 2.80. The number of anilines is 1. The summed E-state index contributed by atoms with van der Waals surface area (Å²) in [6.45, 7) is 4.46. The average molecular weight is 296 g/mol. The van der Waals surface area contributed by atoms with Crippen molar-refractivity contribution in [3.05, 3.63) is 51.7 Å². The molecule has 0 radical (unpaired) electrons. The van der Waals surface area contributed by atoms with Crippen LogP contribution in [-0.2, 0) is 13.1 Å². The summed E-state index contributed by atoms with van der Waals surface area (Å²) in [5.41, 5.74) is 5.92. The van der Waals surface area contributed by atoms with E-state index in [4.69, 9.17) is 5.73 Å². The minimum Gasteiger partial charge on any atom is -0.359 e. The van der Waals surface area contributed by atoms with Gasteiger partial charge in [0.2, 0.25) is 0 Å². The summed E-state index contributed by atoms with van der Waals surface area (Å²) in [6.07, 6.45) is 0. The molecule has 20 heavy (non-hydrogen) atoms. The molecule has 108 valence electrons. The van der Waals surface area contributed by atoms with Crippen LogP contribution in [0.4, 0.5) is 14.5 Å². The normalized spacial score (nSPS) is 11.1. The minimum absolute atomic E-state index is 0.00942. The van der Waals surface area contributed by atoms with Gasteiger partial charge in [0.05, 0.1) is 6.54 Å². The Kier molecular flexibility index (Phi) is 4.73. The predicted molar refractivity (Wildman–Crippen MR) is 79.9 cm³/mol. The zero-order valence-corrected chi connectivity index (χ0v) is 12.4. The second-order valence-corrected chi connectivity index (χ2v) is 5.95. The van der Waals surface area contributed by atoms with Gasteiger partial charge in [-0.15, -0.1) is 11.3 Å². The van der Waals surface area contributed by atoms with Crippen molar-refractivity contribution in [2.45, 2.75) is 33.0 Å². The Balaban J connectivity index is 2.39. The zero-order valence-electron chi connectivity index (χ0n) is 11.6. The van der Waals surface area contributed by atoms with Crippen molar-refractivity contribution >= 4 is 17.0 Å². The van der Waals surface area contributed by atoms with Gasteiger partial charge < -0.3 is 10.6 Å². The summed E-state index contributed by atoms with van der Waals surface area (Å²) in [5, 5.41) is 1.96. The first-order valence-corrected chi connectivity index (χ1v) is 7.38. The highest BCUT2D eigenvalue weighted by molar-refractivity contribution is 7.09. The van der Waals surface area contributed by atoms with E-state index < -0.39 is 11.6 Å². The lowest BCUT2D eigenvalue weighted by atomic mass is 10.1. The van der Waals surface area contributed by atoms with Crippen LogP contribution in [0, 0.1) is 11.6 Å². The van der Waals surface area contributed by atoms with E-state index in [9.17, 15) is 8.78 Å². The number of benzene rings is 1. The summed E-state index contributed by atoms with van der Waals surface area (Å²) in [5.74, 6) is -1.12. The number of nitrogens with two attached hydrogens (primary N) is 1. The Morgan fingerprint density at radius 1 is 1.25 bits per heavy atom. The van der Waals surface area contributed by atoms with E-state index in [1.165, 1.54) is 12.1 Å². The first kappa shape index (κ1) is 14.9. The van der Waals surface area contributed by atoms with Gasteiger partial charge in [-0.1, -0.05) is 6.07 Å². The molecule has 1 aromatic heterocycles.